The lowest BCUT2D eigenvalue weighted by atomic mass is 10.2. The van der Waals surface area contributed by atoms with Gasteiger partial charge in [0, 0.05) is 12.6 Å². The van der Waals surface area contributed by atoms with Crippen molar-refractivity contribution in [3.05, 3.63) is 71.7 Å². The van der Waals surface area contributed by atoms with Gasteiger partial charge in [0.1, 0.15) is 17.3 Å². The fourth-order valence-corrected chi connectivity index (χ4v) is 2.29. The van der Waals surface area contributed by atoms with Gasteiger partial charge in [-0.15, -0.1) is 0 Å². The molecule has 0 aliphatic rings. The van der Waals surface area contributed by atoms with Crippen molar-refractivity contribution in [3.8, 4) is 0 Å². The van der Waals surface area contributed by atoms with Gasteiger partial charge in [0.15, 0.2) is 0 Å². The van der Waals surface area contributed by atoms with Gasteiger partial charge in [-0.1, -0.05) is 6.07 Å². The summed E-state index contributed by atoms with van der Waals surface area (Å²) in [6, 6.07) is 8.72. The zero-order chi connectivity index (χ0) is 17.8. The summed E-state index contributed by atoms with van der Waals surface area (Å²) in [5.41, 5.74) is 0.552. The highest BCUT2D eigenvalue weighted by atomic mass is 19.1. The zero-order valence-electron chi connectivity index (χ0n) is 13.3. The first-order valence-electron chi connectivity index (χ1n) is 7.44. The minimum Gasteiger partial charge on any atom is -0.467 e. The molecule has 3 rings (SSSR count). The maximum absolute atomic E-state index is 13.2. The van der Waals surface area contributed by atoms with Crippen molar-refractivity contribution in [2.24, 2.45) is 7.05 Å². The predicted molar refractivity (Wildman–Crippen MR) is 87.4 cm³/mol. The number of benzene rings is 1. The van der Waals surface area contributed by atoms with Crippen molar-refractivity contribution >= 4 is 17.5 Å². The summed E-state index contributed by atoms with van der Waals surface area (Å²) in [6.45, 7) is 0.203. The number of halogens is 1. The van der Waals surface area contributed by atoms with Crippen LogP contribution in [-0.2, 0) is 13.6 Å². The molecule has 0 fully saturated rings. The van der Waals surface area contributed by atoms with Crippen molar-refractivity contribution in [2.45, 2.75) is 6.54 Å². The molecule has 0 saturated carbocycles. The predicted octanol–water partition coefficient (Wildman–Crippen LogP) is 2.33. The van der Waals surface area contributed by atoms with E-state index in [0.717, 1.165) is 6.07 Å². The highest BCUT2D eigenvalue weighted by Crippen LogP contribution is 2.16. The second-order valence-electron chi connectivity index (χ2n) is 5.26. The van der Waals surface area contributed by atoms with Crippen molar-refractivity contribution in [1.82, 2.24) is 15.1 Å². The van der Waals surface area contributed by atoms with Crippen LogP contribution in [-0.4, -0.2) is 21.6 Å². The zero-order valence-corrected chi connectivity index (χ0v) is 13.3. The molecule has 0 saturated heterocycles. The Bertz CT molecular complexity index is 903. The fourth-order valence-electron chi connectivity index (χ4n) is 2.29. The van der Waals surface area contributed by atoms with Gasteiger partial charge in [-0.05, 0) is 30.3 Å². The Balaban J connectivity index is 1.74. The molecule has 2 heterocycles. The first-order valence-corrected chi connectivity index (χ1v) is 7.44. The SMILES string of the molecule is Cn1ncc(NC(=O)c2cccc(F)c2)c1C(=O)NCc1ccco1. The fraction of sp³-hybridized carbons (Fsp3) is 0.118. The van der Waals surface area contributed by atoms with Gasteiger partial charge < -0.3 is 15.1 Å². The van der Waals surface area contributed by atoms with E-state index in [-0.39, 0.29) is 23.5 Å². The van der Waals surface area contributed by atoms with Crippen LogP contribution in [0, 0.1) is 5.82 Å². The maximum atomic E-state index is 13.2. The lowest BCUT2D eigenvalue weighted by Gasteiger charge is -2.08. The molecule has 0 spiro atoms. The van der Waals surface area contributed by atoms with E-state index in [1.807, 2.05) is 0 Å². The number of nitrogens with one attached hydrogen (secondary N) is 2. The average molecular weight is 342 g/mol. The number of hydrogen-bond donors (Lipinski definition) is 2. The number of anilines is 1. The molecule has 2 aromatic heterocycles. The Hall–Kier alpha value is -3.42. The summed E-state index contributed by atoms with van der Waals surface area (Å²) in [7, 11) is 1.58. The standard InChI is InChI=1S/C17H15FN4O3/c1-22-15(17(24)19-9-13-6-3-7-25-13)14(10-20-22)21-16(23)11-4-2-5-12(18)8-11/h2-8,10H,9H2,1H3,(H,19,24)(H,21,23). The van der Waals surface area contributed by atoms with Gasteiger partial charge in [0.05, 0.1) is 24.7 Å². The highest BCUT2D eigenvalue weighted by molar-refractivity contribution is 6.08. The minimum atomic E-state index is -0.535. The molecule has 7 nitrogen and oxygen atoms in total. The Morgan fingerprint density at radius 2 is 2.08 bits per heavy atom. The number of amides is 2. The first-order chi connectivity index (χ1) is 12.0. The molecule has 2 N–H and O–H groups in total. The van der Waals surface area contributed by atoms with E-state index in [2.05, 4.69) is 15.7 Å². The van der Waals surface area contributed by atoms with Crippen LogP contribution < -0.4 is 10.6 Å². The van der Waals surface area contributed by atoms with Crippen LogP contribution in [0.5, 0.6) is 0 Å². The Morgan fingerprint density at radius 1 is 1.24 bits per heavy atom. The number of furan rings is 1. The Kier molecular flexibility index (Phi) is 4.60. The lowest BCUT2D eigenvalue weighted by molar-refractivity contribution is 0.0939. The molecular weight excluding hydrogens is 327 g/mol. The number of aryl methyl sites for hydroxylation is 1. The van der Waals surface area contributed by atoms with E-state index in [1.165, 1.54) is 35.3 Å². The molecule has 0 bridgehead atoms. The van der Waals surface area contributed by atoms with E-state index in [0.29, 0.717) is 5.76 Å². The van der Waals surface area contributed by atoms with Gasteiger partial charge in [0.25, 0.3) is 11.8 Å². The third kappa shape index (κ3) is 3.74. The normalized spacial score (nSPS) is 10.5. The van der Waals surface area contributed by atoms with Crippen molar-refractivity contribution in [2.75, 3.05) is 5.32 Å². The Labute approximate surface area is 142 Å². The molecule has 0 atom stereocenters. The van der Waals surface area contributed by atoms with Crippen molar-refractivity contribution in [3.63, 3.8) is 0 Å². The maximum Gasteiger partial charge on any atom is 0.272 e. The lowest BCUT2D eigenvalue weighted by Crippen LogP contribution is -2.26. The van der Waals surface area contributed by atoms with Crippen molar-refractivity contribution in [1.29, 1.82) is 0 Å². The molecule has 8 heteroatoms. The molecule has 3 aromatic rings. The molecule has 2 amide bonds. The van der Waals surface area contributed by atoms with Gasteiger partial charge >= 0.3 is 0 Å². The summed E-state index contributed by atoms with van der Waals surface area (Å²) in [4.78, 5) is 24.6. The monoisotopic (exact) mass is 342 g/mol. The van der Waals surface area contributed by atoms with E-state index >= 15 is 0 Å². The first kappa shape index (κ1) is 16.4. The van der Waals surface area contributed by atoms with Crippen LogP contribution in [0.25, 0.3) is 0 Å². The summed E-state index contributed by atoms with van der Waals surface area (Å²) in [5, 5.41) is 9.25. The summed E-state index contributed by atoms with van der Waals surface area (Å²) in [6.07, 6.45) is 2.87. The molecule has 128 valence electrons. The third-order valence-corrected chi connectivity index (χ3v) is 3.49. The van der Waals surface area contributed by atoms with Gasteiger partial charge in [-0.3, -0.25) is 14.3 Å². The topological polar surface area (TPSA) is 89.2 Å². The van der Waals surface area contributed by atoms with E-state index in [1.54, 1.807) is 19.2 Å². The number of rotatable bonds is 5. The molecular formula is C17H15FN4O3. The number of carbonyl (C=O) groups is 2. The third-order valence-electron chi connectivity index (χ3n) is 3.49. The second kappa shape index (κ2) is 7.00. The number of aromatic nitrogens is 2. The molecule has 0 radical (unpaired) electrons. The van der Waals surface area contributed by atoms with Gasteiger partial charge in [-0.2, -0.15) is 5.10 Å². The number of hydrogen-bond acceptors (Lipinski definition) is 4. The van der Waals surface area contributed by atoms with Crippen LogP contribution >= 0.6 is 0 Å². The average Bonchev–Trinajstić information content (AvgIpc) is 3.23. The molecule has 1 aromatic carbocycles. The van der Waals surface area contributed by atoms with Crippen LogP contribution in [0.15, 0.2) is 53.3 Å². The Morgan fingerprint density at radius 3 is 2.80 bits per heavy atom. The summed E-state index contributed by atoms with van der Waals surface area (Å²) < 4.78 is 19.7. The summed E-state index contributed by atoms with van der Waals surface area (Å²) in [5.74, 6) is -0.880. The highest BCUT2D eigenvalue weighted by Gasteiger charge is 2.19. The molecule has 0 aliphatic heterocycles. The van der Waals surface area contributed by atoms with Crippen molar-refractivity contribution < 1.29 is 18.4 Å². The largest absolute Gasteiger partial charge is 0.467 e. The second-order valence-corrected chi connectivity index (χ2v) is 5.26. The van der Waals surface area contributed by atoms with Crippen LogP contribution in [0.4, 0.5) is 10.1 Å². The van der Waals surface area contributed by atoms with Crippen LogP contribution in [0.3, 0.4) is 0 Å². The van der Waals surface area contributed by atoms with Crippen LogP contribution in [0.1, 0.15) is 26.6 Å². The van der Waals surface area contributed by atoms with Gasteiger partial charge in [0.2, 0.25) is 0 Å². The van der Waals surface area contributed by atoms with E-state index < -0.39 is 17.6 Å². The van der Waals surface area contributed by atoms with Crippen LogP contribution in [0.2, 0.25) is 0 Å². The van der Waals surface area contributed by atoms with E-state index in [9.17, 15) is 14.0 Å². The molecule has 25 heavy (non-hydrogen) atoms. The smallest absolute Gasteiger partial charge is 0.272 e. The van der Waals surface area contributed by atoms with E-state index in [4.69, 9.17) is 4.42 Å². The minimum absolute atomic E-state index is 0.144. The number of nitrogens with zero attached hydrogens (tertiary/aromatic N) is 2. The number of carbonyl (C=O) groups excluding carboxylic acids is 2. The summed E-state index contributed by atoms with van der Waals surface area (Å²) >= 11 is 0. The molecule has 0 unspecified atom stereocenters. The molecule has 0 aliphatic carbocycles. The quantitative estimate of drug-likeness (QED) is 0.745. The van der Waals surface area contributed by atoms with Gasteiger partial charge in [-0.25, -0.2) is 4.39 Å².